The van der Waals surface area contributed by atoms with Gasteiger partial charge in [0, 0.05) is 19.3 Å². The first-order chi connectivity index (χ1) is 27.2. The average molecular weight is 793 g/mol. The predicted octanol–water partition coefficient (Wildman–Crippen LogP) is 15.8. The van der Waals surface area contributed by atoms with Gasteiger partial charge < -0.3 is 14.2 Å². The SMILES string of the molecule is CCCCCCCCCC(=O)OC[C@@H](COC(=O)CCCCCCCCCCCCCCCC(C)C)OC(=O)CCCCCCCCCCCCCCC(C)C. The van der Waals surface area contributed by atoms with Crippen molar-refractivity contribution in [2.75, 3.05) is 13.2 Å². The fourth-order valence-corrected chi connectivity index (χ4v) is 7.46. The maximum absolute atomic E-state index is 12.7. The molecule has 1 atom stereocenters. The summed E-state index contributed by atoms with van der Waals surface area (Å²) in [6, 6.07) is 0. The minimum Gasteiger partial charge on any atom is -0.462 e. The van der Waals surface area contributed by atoms with Crippen LogP contribution in [0.5, 0.6) is 0 Å². The van der Waals surface area contributed by atoms with Gasteiger partial charge in [-0.2, -0.15) is 0 Å². The highest BCUT2D eigenvalue weighted by Gasteiger charge is 2.19. The van der Waals surface area contributed by atoms with Crippen LogP contribution in [-0.4, -0.2) is 37.2 Å². The molecule has 0 aliphatic rings. The number of unbranched alkanes of at least 4 members (excludes halogenated alkanes) is 29. The van der Waals surface area contributed by atoms with Crippen molar-refractivity contribution in [3.63, 3.8) is 0 Å². The van der Waals surface area contributed by atoms with Crippen LogP contribution in [0.25, 0.3) is 0 Å². The number of rotatable bonds is 44. The lowest BCUT2D eigenvalue weighted by Gasteiger charge is -2.18. The maximum atomic E-state index is 12.7. The molecule has 0 heterocycles. The molecular weight excluding hydrogens is 697 g/mol. The van der Waals surface area contributed by atoms with Crippen molar-refractivity contribution < 1.29 is 28.6 Å². The Bertz CT molecular complexity index is 854. The van der Waals surface area contributed by atoms with Gasteiger partial charge in [-0.3, -0.25) is 14.4 Å². The van der Waals surface area contributed by atoms with Crippen LogP contribution in [0, 0.1) is 11.8 Å². The molecule has 0 aliphatic heterocycles. The van der Waals surface area contributed by atoms with E-state index in [1.807, 2.05) is 0 Å². The zero-order valence-electron chi connectivity index (χ0n) is 38.3. The van der Waals surface area contributed by atoms with E-state index in [1.165, 1.54) is 161 Å². The van der Waals surface area contributed by atoms with Gasteiger partial charge in [-0.25, -0.2) is 0 Å². The number of carbonyl (C=O) groups excluding carboxylic acids is 3. The molecule has 332 valence electrons. The van der Waals surface area contributed by atoms with E-state index < -0.39 is 6.10 Å². The maximum Gasteiger partial charge on any atom is 0.306 e. The Morgan fingerprint density at radius 1 is 0.339 bits per heavy atom. The van der Waals surface area contributed by atoms with E-state index in [9.17, 15) is 14.4 Å². The van der Waals surface area contributed by atoms with E-state index in [0.29, 0.717) is 19.3 Å². The Hall–Kier alpha value is -1.59. The summed E-state index contributed by atoms with van der Waals surface area (Å²) < 4.78 is 16.7. The Kier molecular flexibility index (Phi) is 41.8. The summed E-state index contributed by atoms with van der Waals surface area (Å²) in [7, 11) is 0. The molecule has 0 aromatic carbocycles. The van der Waals surface area contributed by atoms with Gasteiger partial charge in [-0.05, 0) is 31.1 Å². The van der Waals surface area contributed by atoms with Crippen molar-refractivity contribution in [3.8, 4) is 0 Å². The normalized spacial score (nSPS) is 12.1. The van der Waals surface area contributed by atoms with Crippen molar-refractivity contribution in [3.05, 3.63) is 0 Å². The molecule has 0 unspecified atom stereocenters. The first-order valence-corrected chi connectivity index (χ1v) is 24.7. The number of esters is 3. The zero-order valence-corrected chi connectivity index (χ0v) is 38.3. The molecule has 0 saturated heterocycles. The third-order valence-corrected chi connectivity index (χ3v) is 11.2. The second-order valence-corrected chi connectivity index (χ2v) is 18.1. The average Bonchev–Trinajstić information content (AvgIpc) is 3.16. The summed E-state index contributed by atoms with van der Waals surface area (Å²) in [6.07, 6.45) is 42.4. The molecule has 56 heavy (non-hydrogen) atoms. The van der Waals surface area contributed by atoms with Crippen molar-refractivity contribution in [2.45, 2.75) is 278 Å². The van der Waals surface area contributed by atoms with Gasteiger partial charge in [0.1, 0.15) is 13.2 Å². The summed E-state index contributed by atoms with van der Waals surface area (Å²) in [4.78, 5) is 37.7. The molecule has 6 nitrogen and oxygen atoms in total. The molecule has 0 spiro atoms. The Labute approximate surface area is 348 Å². The van der Waals surface area contributed by atoms with Crippen LogP contribution in [0.3, 0.4) is 0 Å². The molecule has 6 heteroatoms. The van der Waals surface area contributed by atoms with E-state index in [1.54, 1.807) is 0 Å². The van der Waals surface area contributed by atoms with E-state index in [0.717, 1.165) is 69.6 Å². The summed E-state index contributed by atoms with van der Waals surface area (Å²) in [5.74, 6) is 0.815. The molecule has 0 rings (SSSR count). The van der Waals surface area contributed by atoms with Gasteiger partial charge in [0.2, 0.25) is 0 Å². The van der Waals surface area contributed by atoms with Crippen molar-refractivity contribution >= 4 is 17.9 Å². The first kappa shape index (κ1) is 54.4. The zero-order chi connectivity index (χ0) is 41.2. The minimum absolute atomic E-state index is 0.0643. The van der Waals surface area contributed by atoms with Gasteiger partial charge >= 0.3 is 17.9 Å². The topological polar surface area (TPSA) is 78.9 Å². The van der Waals surface area contributed by atoms with Crippen LogP contribution in [0.2, 0.25) is 0 Å². The minimum atomic E-state index is -0.760. The third-order valence-electron chi connectivity index (χ3n) is 11.2. The molecule has 0 amide bonds. The Balaban J connectivity index is 4.22. The summed E-state index contributed by atoms with van der Waals surface area (Å²) >= 11 is 0. The van der Waals surface area contributed by atoms with E-state index in [2.05, 4.69) is 34.6 Å². The van der Waals surface area contributed by atoms with Crippen LogP contribution >= 0.6 is 0 Å². The second kappa shape index (κ2) is 43.0. The standard InChI is InChI=1S/C50H96O6/c1-6-7-8-9-23-30-35-40-48(51)54-43-47(56-50(53)42-37-32-27-22-18-14-13-16-20-25-29-34-39-46(4)5)44-55-49(52)41-36-31-26-21-17-12-10-11-15-19-24-28-33-38-45(2)3/h45-47H,6-44H2,1-5H3/t47-/m0/s1. The lowest BCUT2D eigenvalue weighted by molar-refractivity contribution is -0.167. The number of ether oxygens (including phenoxy) is 3. The molecule has 0 aromatic rings. The molecule has 0 fully saturated rings. The fourth-order valence-electron chi connectivity index (χ4n) is 7.46. The molecule has 0 saturated carbocycles. The Morgan fingerprint density at radius 2 is 0.589 bits per heavy atom. The third kappa shape index (κ3) is 43.5. The van der Waals surface area contributed by atoms with Crippen LogP contribution < -0.4 is 0 Å². The van der Waals surface area contributed by atoms with Crippen molar-refractivity contribution in [1.29, 1.82) is 0 Å². The fraction of sp³-hybridized carbons (Fsp3) is 0.940. The largest absolute Gasteiger partial charge is 0.462 e. The number of hydrogen-bond acceptors (Lipinski definition) is 6. The van der Waals surface area contributed by atoms with Crippen molar-refractivity contribution in [1.82, 2.24) is 0 Å². The molecule has 0 radical (unpaired) electrons. The lowest BCUT2D eigenvalue weighted by atomic mass is 10.0. The van der Waals surface area contributed by atoms with Crippen LogP contribution in [0.15, 0.2) is 0 Å². The molecular formula is C50H96O6. The highest BCUT2D eigenvalue weighted by Crippen LogP contribution is 2.17. The number of carbonyl (C=O) groups is 3. The van der Waals surface area contributed by atoms with Crippen LogP contribution in [0.1, 0.15) is 272 Å². The van der Waals surface area contributed by atoms with Gasteiger partial charge in [0.25, 0.3) is 0 Å². The van der Waals surface area contributed by atoms with Gasteiger partial charge in [0.15, 0.2) is 6.10 Å². The number of hydrogen-bond donors (Lipinski definition) is 0. The van der Waals surface area contributed by atoms with E-state index >= 15 is 0 Å². The second-order valence-electron chi connectivity index (χ2n) is 18.1. The quantitative estimate of drug-likeness (QED) is 0.0347. The van der Waals surface area contributed by atoms with Crippen LogP contribution in [0.4, 0.5) is 0 Å². The monoisotopic (exact) mass is 793 g/mol. The first-order valence-electron chi connectivity index (χ1n) is 24.7. The smallest absolute Gasteiger partial charge is 0.306 e. The van der Waals surface area contributed by atoms with Crippen molar-refractivity contribution in [2.24, 2.45) is 11.8 Å². The summed E-state index contributed by atoms with van der Waals surface area (Å²) in [5.41, 5.74) is 0. The molecule has 0 aliphatic carbocycles. The highest BCUT2D eigenvalue weighted by atomic mass is 16.6. The summed E-state index contributed by atoms with van der Waals surface area (Å²) in [5, 5.41) is 0. The molecule has 0 N–H and O–H groups in total. The predicted molar refractivity (Wildman–Crippen MR) is 238 cm³/mol. The highest BCUT2D eigenvalue weighted by molar-refractivity contribution is 5.71. The Morgan fingerprint density at radius 3 is 0.875 bits per heavy atom. The molecule has 0 bridgehead atoms. The molecule has 0 aromatic heterocycles. The lowest BCUT2D eigenvalue weighted by Crippen LogP contribution is -2.30. The van der Waals surface area contributed by atoms with E-state index in [-0.39, 0.29) is 31.1 Å². The van der Waals surface area contributed by atoms with Crippen LogP contribution in [-0.2, 0) is 28.6 Å². The summed E-state index contributed by atoms with van der Waals surface area (Å²) in [6.45, 7) is 11.3. The van der Waals surface area contributed by atoms with Gasteiger partial charge in [-0.1, -0.05) is 234 Å². The van der Waals surface area contributed by atoms with Gasteiger partial charge in [0.05, 0.1) is 0 Å². The van der Waals surface area contributed by atoms with Gasteiger partial charge in [-0.15, -0.1) is 0 Å². The van der Waals surface area contributed by atoms with E-state index in [4.69, 9.17) is 14.2 Å².